The number of rotatable bonds is 4. The molecule has 0 fully saturated rings. The molecule has 0 saturated carbocycles. The van der Waals surface area contributed by atoms with Gasteiger partial charge in [0.2, 0.25) is 0 Å². The second-order valence-corrected chi connectivity index (χ2v) is 6.93. The van der Waals surface area contributed by atoms with E-state index in [-0.39, 0.29) is 11.9 Å². The van der Waals surface area contributed by atoms with E-state index in [9.17, 15) is 4.79 Å². The number of aromatic nitrogens is 2. The van der Waals surface area contributed by atoms with Crippen LogP contribution in [0.15, 0.2) is 79.1 Å². The van der Waals surface area contributed by atoms with Crippen LogP contribution in [0.1, 0.15) is 28.9 Å². The van der Waals surface area contributed by atoms with Crippen LogP contribution < -0.4 is 5.32 Å². The Morgan fingerprint density at radius 3 is 2.50 bits per heavy atom. The molecule has 138 valence electrons. The lowest BCUT2D eigenvalue weighted by atomic mass is 10.0. The smallest absolute Gasteiger partial charge is 0.252 e. The highest BCUT2D eigenvalue weighted by Crippen LogP contribution is 2.30. The molecule has 28 heavy (non-hydrogen) atoms. The molecule has 2 aromatic carbocycles. The number of nitrogens with zero attached hydrogens (tertiary/aromatic N) is 2. The number of hydrogen-bond donors (Lipinski definition) is 1. The van der Waals surface area contributed by atoms with E-state index in [2.05, 4.69) is 10.3 Å². The van der Waals surface area contributed by atoms with E-state index in [1.54, 1.807) is 18.5 Å². The number of para-hydroxylation sites is 1. The van der Waals surface area contributed by atoms with Crippen molar-refractivity contribution in [2.75, 3.05) is 0 Å². The molecule has 1 unspecified atom stereocenters. The summed E-state index contributed by atoms with van der Waals surface area (Å²) in [5.41, 5.74) is 3.79. The van der Waals surface area contributed by atoms with Crippen LogP contribution in [-0.4, -0.2) is 15.9 Å². The van der Waals surface area contributed by atoms with Gasteiger partial charge in [-0.05, 0) is 42.8 Å². The SMILES string of the molecule is CC(NC(=O)c1cc(-c2ccccc2Cl)nc2ccccc12)c1ccncc1. The highest BCUT2D eigenvalue weighted by molar-refractivity contribution is 6.33. The first-order valence-corrected chi connectivity index (χ1v) is 9.37. The van der Waals surface area contributed by atoms with Crippen molar-refractivity contribution in [1.29, 1.82) is 0 Å². The van der Waals surface area contributed by atoms with Crippen molar-refractivity contribution in [2.24, 2.45) is 0 Å². The standard InChI is InChI=1S/C23H18ClN3O/c1-15(16-10-12-25-13-11-16)26-23(28)19-14-22(18-7-2-4-8-20(18)24)27-21-9-5-3-6-17(19)21/h2-15H,1H3,(H,26,28). The number of pyridine rings is 2. The molecule has 0 radical (unpaired) electrons. The van der Waals surface area contributed by atoms with Gasteiger partial charge in [-0.25, -0.2) is 4.98 Å². The Morgan fingerprint density at radius 2 is 1.71 bits per heavy atom. The summed E-state index contributed by atoms with van der Waals surface area (Å²) in [6.07, 6.45) is 3.44. The highest BCUT2D eigenvalue weighted by atomic mass is 35.5. The molecule has 0 aliphatic carbocycles. The molecule has 4 aromatic rings. The number of amides is 1. The maximum absolute atomic E-state index is 13.1. The fraction of sp³-hybridized carbons (Fsp3) is 0.0870. The van der Waals surface area contributed by atoms with E-state index >= 15 is 0 Å². The molecule has 0 spiro atoms. The van der Waals surface area contributed by atoms with Gasteiger partial charge in [0.1, 0.15) is 0 Å². The first-order chi connectivity index (χ1) is 13.6. The lowest BCUT2D eigenvalue weighted by Gasteiger charge is -2.16. The minimum atomic E-state index is -0.156. The third-order valence-corrected chi connectivity index (χ3v) is 4.99. The van der Waals surface area contributed by atoms with Crippen molar-refractivity contribution in [3.63, 3.8) is 0 Å². The van der Waals surface area contributed by atoms with Crippen LogP contribution in [0.25, 0.3) is 22.2 Å². The van der Waals surface area contributed by atoms with Gasteiger partial charge in [0, 0.05) is 28.4 Å². The van der Waals surface area contributed by atoms with Crippen molar-refractivity contribution in [3.05, 3.63) is 95.3 Å². The summed E-state index contributed by atoms with van der Waals surface area (Å²) < 4.78 is 0. The topological polar surface area (TPSA) is 54.9 Å². The first-order valence-electron chi connectivity index (χ1n) is 8.99. The number of carbonyl (C=O) groups is 1. The van der Waals surface area contributed by atoms with E-state index in [4.69, 9.17) is 16.6 Å². The summed E-state index contributed by atoms with van der Waals surface area (Å²) in [5.74, 6) is -0.156. The van der Waals surface area contributed by atoms with Crippen molar-refractivity contribution in [1.82, 2.24) is 15.3 Å². The summed E-state index contributed by atoms with van der Waals surface area (Å²) >= 11 is 6.36. The molecule has 0 saturated heterocycles. The Kier molecular flexibility index (Phi) is 5.04. The molecule has 2 aromatic heterocycles. The molecular weight excluding hydrogens is 370 g/mol. The predicted molar refractivity (Wildman–Crippen MR) is 112 cm³/mol. The average Bonchev–Trinajstić information content (AvgIpc) is 2.74. The first kappa shape index (κ1) is 18.1. The normalized spacial score (nSPS) is 11.9. The number of fused-ring (bicyclic) bond motifs is 1. The lowest BCUT2D eigenvalue weighted by Crippen LogP contribution is -2.27. The van der Waals surface area contributed by atoms with Crippen LogP contribution >= 0.6 is 11.6 Å². The van der Waals surface area contributed by atoms with Crippen LogP contribution in [0.2, 0.25) is 5.02 Å². The highest BCUT2D eigenvalue weighted by Gasteiger charge is 2.17. The van der Waals surface area contributed by atoms with Crippen LogP contribution in [0.5, 0.6) is 0 Å². The number of carbonyl (C=O) groups excluding carboxylic acids is 1. The Bertz CT molecular complexity index is 1140. The van der Waals surface area contributed by atoms with Crippen molar-refractivity contribution < 1.29 is 4.79 Å². The molecule has 0 aliphatic heterocycles. The van der Waals surface area contributed by atoms with Gasteiger partial charge in [-0.15, -0.1) is 0 Å². The Labute approximate surface area is 168 Å². The van der Waals surface area contributed by atoms with E-state index in [0.29, 0.717) is 16.3 Å². The van der Waals surface area contributed by atoms with E-state index in [1.807, 2.05) is 67.6 Å². The van der Waals surface area contributed by atoms with Gasteiger partial charge in [-0.1, -0.05) is 48.0 Å². The van der Waals surface area contributed by atoms with Gasteiger partial charge in [0.05, 0.1) is 22.8 Å². The van der Waals surface area contributed by atoms with E-state index < -0.39 is 0 Å². The Hall–Kier alpha value is -3.24. The molecule has 1 atom stereocenters. The zero-order valence-electron chi connectivity index (χ0n) is 15.3. The molecule has 5 heteroatoms. The van der Waals surface area contributed by atoms with Crippen molar-refractivity contribution in [3.8, 4) is 11.3 Å². The molecular formula is C23H18ClN3O. The van der Waals surface area contributed by atoms with Crippen LogP contribution in [-0.2, 0) is 0 Å². The van der Waals surface area contributed by atoms with Crippen LogP contribution in [0.3, 0.4) is 0 Å². The zero-order valence-corrected chi connectivity index (χ0v) is 16.0. The summed E-state index contributed by atoms with van der Waals surface area (Å²) in [6, 6.07) is 20.6. The Balaban J connectivity index is 1.77. The maximum Gasteiger partial charge on any atom is 0.252 e. The van der Waals surface area contributed by atoms with Crippen LogP contribution in [0, 0.1) is 0 Å². The zero-order chi connectivity index (χ0) is 19.5. The molecule has 4 nitrogen and oxygen atoms in total. The van der Waals surface area contributed by atoms with Gasteiger partial charge in [-0.3, -0.25) is 9.78 Å². The molecule has 4 rings (SSSR count). The molecule has 0 aliphatic rings. The molecule has 2 heterocycles. The summed E-state index contributed by atoms with van der Waals surface area (Å²) in [4.78, 5) is 21.9. The maximum atomic E-state index is 13.1. The monoisotopic (exact) mass is 387 g/mol. The lowest BCUT2D eigenvalue weighted by molar-refractivity contribution is 0.0941. The third-order valence-electron chi connectivity index (χ3n) is 4.66. The third kappa shape index (κ3) is 3.59. The van der Waals surface area contributed by atoms with Gasteiger partial charge < -0.3 is 5.32 Å². The van der Waals surface area contributed by atoms with Gasteiger partial charge in [0.25, 0.3) is 5.91 Å². The minimum absolute atomic E-state index is 0.147. The van der Waals surface area contributed by atoms with Gasteiger partial charge in [0.15, 0.2) is 0 Å². The molecule has 1 amide bonds. The van der Waals surface area contributed by atoms with Gasteiger partial charge in [-0.2, -0.15) is 0 Å². The number of hydrogen-bond acceptors (Lipinski definition) is 3. The number of nitrogens with one attached hydrogen (secondary N) is 1. The Morgan fingerprint density at radius 1 is 1.00 bits per heavy atom. The number of halogens is 1. The van der Waals surface area contributed by atoms with Gasteiger partial charge >= 0.3 is 0 Å². The summed E-state index contributed by atoms with van der Waals surface area (Å²) in [6.45, 7) is 1.95. The number of benzene rings is 2. The summed E-state index contributed by atoms with van der Waals surface area (Å²) in [5, 5.41) is 4.47. The molecule has 0 bridgehead atoms. The van der Waals surface area contributed by atoms with Crippen LogP contribution in [0.4, 0.5) is 0 Å². The van der Waals surface area contributed by atoms with Crippen molar-refractivity contribution in [2.45, 2.75) is 13.0 Å². The largest absolute Gasteiger partial charge is 0.345 e. The summed E-state index contributed by atoms with van der Waals surface area (Å²) in [7, 11) is 0. The fourth-order valence-electron chi connectivity index (χ4n) is 3.18. The average molecular weight is 388 g/mol. The second kappa shape index (κ2) is 7.79. The fourth-order valence-corrected chi connectivity index (χ4v) is 3.41. The minimum Gasteiger partial charge on any atom is -0.345 e. The van der Waals surface area contributed by atoms with E-state index in [0.717, 1.165) is 22.0 Å². The second-order valence-electron chi connectivity index (χ2n) is 6.53. The van der Waals surface area contributed by atoms with E-state index in [1.165, 1.54) is 0 Å². The predicted octanol–water partition coefficient (Wildman–Crippen LogP) is 5.44. The molecule has 1 N–H and O–H groups in total. The quantitative estimate of drug-likeness (QED) is 0.507. The van der Waals surface area contributed by atoms with Crippen molar-refractivity contribution >= 4 is 28.4 Å².